The summed E-state index contributed by atoms with van der Waals surface area (Å²) in [4.78, 5) is 18.4. The second kappa shape index (κ2) is 5.42. The average Bonchev–Trinajstić information content (AvgIpc) is 3.00. The van der Waals surface area contributed by atoms with Gasteiger partial charge in [-0.15, -0.1) is 0 Å². The molecule has 0 saturated carbocycles. The van der Waals surface area contributed by atoms with Crippen molar-refractivity contribution in [1.29, 1.82) is 5.41 Å². The monoisotopic (exact) mass is 323 g/mol. The normalized spacial score (nSPS) is 29.0. The molecule has 23 heavy (non-hydrogen) atoms. The van der Waals surface area contributed by atoms with E-state index < -0.39 is 36.2 Å². The number of hydrogen-bond donors (Lipinski definition) is 6. The number of nitrogens with zero attached hydrogens (tertiary/aromatic N) is 2. The third-order valence-corrected chi connectivity index (χ3v) is 3.93. The number of nitrogens with two attached hydrogens (primary N) is 1. The Morgan fingerprint density at radius 1 is 1.52 bits per heavy atom. The molecule has 10 heteroatoms. The zero-order valence-electron chi connectivity index (χ0n) is 12.2. The van der Waals surface area contributed by atoms with Crippen LogP contribution >= 0.6 is 0 Å². The zero-order valence-corrected chi connectivity index (χ0v) is 12.2. The highest BCUT2D eigenvalue weighted by atomic mass is 16.6. The lowest BCUT2D eigenvalue weighted by Crippen LogP contribution is -2.37. The van der Waals surface area contributed by atoms with Crippen molar-refractivity contribution in [3.8, 4) is 0 Å². The van der Waals surface area contributed by atoms with Gasteiger partial charge in [0.1, 0.15) is 29.8 Å². The second-order valence-electron chi connectivity index (χ2n) is 5.51. The number of fused-ring (bicyclic) bond motifs is 1. The smallest absolute Gasteiger partial charge is 0.260 e. The van der Waals surface area contributed by atoms with Crippen LogP contribution in [-0.4, -0.2) is 60.1 Å². The van der Waals surface area contributed by atoms with E-state index in [9.17, 15) is 20.1 Å². The molecule has 3 rings (SSSR count). The predicted octanol–water partition coefficient (Wildman–Crippen LogP) is -1.99. The van der Waals surface area contributed by atoms with Crippen LogP contribution < -0.4 is 11.3 Å². The first-order valence-electron chi connectivity index (χ1n) is 6.95. The maximum absolute atomic E-state index is 12.0. The number of rotatable bonds is 3. The Balaban J connectivity index is 2.16. The van der Waals surface area contributed by atoms with Crippen LogP contribution in [0, 0.1) is 5.41 Å². The summed E-state index contributed by atoms with van der Waals surface area (Å²) in [5.74, 6) is -0.340. The number of nitrogen functional groups attached to an aromatic ring is 1. The van der Waals surface area contributed by atoms with Crippen LogP contribution in [-0.2, 0) is 4.74 Å². The first kappa shape index (κ1) is 15.6. The van der Waals surface area contributed by atoms with E-state index in [1.807, 2.05) is 0 Å². The lowest BCUT2D eigenvalue weighted by molar-refractivity contribution is -0.0776. The molecule has 1 aliphatic rings. The Kier molecular flexibility index (Phi) is 3.68. The maximum Gasteiger partial charge on any atom is 0.260 e. The number of H-pyrrole nitrogens is 1. The fourth-order valence-corrected chi connectivity index (χ4v) is 2.81. The molecule has 5 atom stereocenters. The minimum atomic E-state index is -1.34. The fourth-order valence-electron chi connectivity index (χ4n) is 2.81. The molecule has 2 aromatic heterocycles. The van der Waals surface area contributed by atoms with E-state index in [-0.39, 0.29) is 22.4 Å². The second-order valence-corrected chi connectivity index (χ2v) is 5.51. The Morgan fingerprint density at radius 2 is 2.22 bits per heavy atom. The molecule has 1 saturated heterocycles. The first-order chi connectivity index (χ1) is 10.8. The third kappa shape index (κ3) is 2.32. The molecule has 0 unspecified atom stereocenters. The SMILES string of the molecule is C[C@@H](O)[C@H]1O[C@@H](n2cc(C(=N)N)c3c(=O)[nH]cnc32)[C@H](O)[C@@H]1O. The summed E-state index contributed by atoms with van der Waals surface area (Å²) in [6.07, 6.45) is -3.18. The van der Waals surface area contributed by atoms with Gasteiger partial charge in [-0.05, 0) is 6.92 Å². The zero-order chi connectivity index (χ0) is 16.9. The summed E-state index contributed by atoms with van der Waals surface area (Å²) in [5, 5.41) is 37.5. The number of aromatic amines is 1. The highest BCUT2D eigenvalue weighted by molar-refractivity contribution is 6.06. The van der Waals surface area contributed by atoms with Gasteiger partial charge in [-0.25, -0.2) is 4.98 Å². The molecule has 0 spiro atoms. The molecule has 0 radical (unpaired) electrons. The van der Waals surface area contributed by atoms with Gasteiger partial charge in [0.25, 0.3) is 5.56 Å². The maximum atomic E-state index is 12.0. The molecule has 3 heterocycles. The molecule has 124 valence electrons. The highest BCUT2D eigenvalue weighted by Gasteiger charge is 2.46. The van der Waals surface area contributed by atoms with E-state index in [2.05, 4.69) is 9.97 Å². The third-order valence-electron chi connectivity index (χ3n) is 3.93. The van der Waals surface area contributed by atoms with Crippen LogP contribution in [0.4, 0.5) is 0 Å². The van der Waals surface area contributed by atoms with Crippen LogP contribution in [0.5, 0.6) is 0 Å². The molecule has 2 aromatic rings. The van der Waals surface area contributed by atoms with Gasteiger partial charge in [-0.3, -0.25) is 10.2 Å². The minimum Gasteiger partial charge on any atom is -0.391 e. The molecule has 10 nitrogen and oxygen atoms in total. The summed E-state index contributed by atoms with van der Waals surface area (Å²) in [6, 6.07) is 0. The van der Waals surface area contributed by atoms with E-state index in [1.165, 1.54) is 24.0 Å². The van der Waals surface area contributed by atoms with E-state index in [0.717, 1.165) is 0 Å². The summed E-state index contributed by atoms with van der Waals surface area (Å²) in [6.45, 7) is 1.43. The number of aliphatic hydroxyl groups is 3. The lowest BCUT2D eigenvalue weighted by Gasteiger charge is -2.17. The largest absolute Gasteiger partial charge is 0.391 e. The van der Waals surface area contributed by atoms with E-state index in [0.29, 0.717) is 0 Å². The summed E-state index contributed by atoms with van der Waals surface area (Å²) in [5.41, 5.74) is 5.30. The fraction of sp³-hybridized carbons (Fsp3) is 0.462. The van der Waals surface area contributed by atoms with Crippen LogP contribution in [0.1, 0.15) is 18.7 Å². The molecule has 0 bridgehead atoms. The number of amidine groups is 1. The summed E-state index contributed by atoms with van der Waals surface area (Å²) < 4.78 is 6.85. The van der Waals surface area contributed by atoms with Gasteiger partial charge >= 0.3 is 0 Å². The van der Waals surface area contributed by atoms with E-state index in [4.69, 9.17) is 15.9 Å². The van der Waals surface area contributed by atoms with Crippen molar-refractivity contribution in [2.45, 2.75) is 37.6 Å². The quantitative estimate of drug-likeness (QED) is 0.280. The van der Waals surface area contributed by atoms with Gasteiger partial charge in [0, 0.05) is 11.8 Å². The van der Waals surface area contributed by atoms with Gasteiger partial charge in [-0.2, -0.15) is 0 Å². The number of nitrogens with one attached hydrogen (secondary N) is 2. The lowest BCUT2D eigenvalue weighted by atomic mass is 10.1. The molecule has 0 aromatic carbocycles. The van der Waals surface area contributed by atoms with Crippen molar-refractivity contribution in [1.82, 2.24) is 14.5 Å². The molecule has 7 N–H and O–H groups in total. The van der Waals surface area contributed by atoms with Gasteiger partial charge < -0.3 is 35.3 Å². The number of hydrogen-bond acceptors (Lipinski definition) is 7. The van der Waals surface area contributed by atoms with Gasteiger partial charge in [-0.1, -0.05) is 0 Å². The van der Waals surface area contributed by atoms with Crippen LogP contribution in [0.25, 0.3) is 11.0 Å². The molecular weight excluding hydrogens is 306 g/mol. The van der Waals surface area contributed by atoms with Crippen molar-refractivity contribution in [3.63, 3.8) is 0 Å². The number of aromatic nitrogens is 3. The van der Waals surface area contributed by atoms with Crippen LogP contribution in [0.2, 0.25) is 0 Å². The van der Waals surface area contributed by atoms with Crippen molar-refractivity contribution in [2.75, 3.05) is 0 Å². The molecule has 1 fully saturated rings. The Bertz CT molecular complexity index is 813. The minimum absolute atomic E-state index is 0.0887. The Labute approximate surface area is 129 Å². The van der Waals surface area contributed by atoms with Crippen molar-refractivity contribution < 1.29 is 20.1 Å². The standard InChI is InChI=1S/C13H17N5O5/c1-4(19)9-7(20)8(21)13(23-9)18-2-5(10(14)15)6-11(18)16-3-17-12(6)22/h2-4,7-9,13,19-21H,1H3,(H3,14,15)(H,16,17,22)/t4-,7+,8-,9-,13-/m1/s1. The van der Waals surface area contributed by atoms with E-state index in [1.54, 1.807) is 0 Å². The van der Waals surface area contributed by atoms with E-state index >= 15 is 0 Å². The summed E-state index contributed by atoms with van der Waals surface area (Å²) in [7, 11) is 0. The molecular formula is C13H17N5O5. The Morgan fingerprint density at radius 3 is 2.78 bits per heavy atom. The van der Waals surface area contributed by atoms with Gasteiger partial charge in [0.2, 0.25) is 0 Å². The Hall–Kier alpha value is -2.27. The van der Waals surface area contributed by atoms with Gasteiger partial charge in [0.05, 0.1) is 17.8 Å². The highest BCUT2D eigenvalue weighted by Crippen LogP contribution is 2.33. The summed E-state index contributed by atoms with van der Waals surface area (Å²) >= 11 is 0. The molecule has 0 aliphatic carbocycles. The van der Waals surface area contributed by atoms with Crippen LogP contribution in [0.3, 0.4) is 0 Å². The molecule has 0 amide bonds. The van der Waals surface area contributed by atoms with Crippen molar-refractivity contribution in [2.24, 2.45) is 5.73 Å². The van der Waals surface area contributed by atoms with Gasteiger partial charge in [0.15, 0.2) is 6.23 Å². The predicted molar refractivity (Wildman–Crippen MR) is 79.0 cm³/mol. The van der Waals surface area contributed by atoms with Crippen molar-refractivity contribution in [3.05, 3.63) is 28.4 Å². The van der Waals surface area contributed by atoms with Crippen molar-refractivity contribution >= 4 is 16.9 Å². The topological polar surface area (TPSA) is 170 Å². The first-order valence-corrected chi connectivity index (χ1v) is 6.95. The number of ether oxygens (including phenoxy) is 1. The molecule has 1 aliphatic heterocycles. The van der Waals surface area contributed by atoms with Crippen LogP contribution in [0.15, 0.2) is 17.3 Å². The average molecular weight is 323 g/mol. The number of aliphatic hydroxyl groups excluding tert-OH is 3.